The van der Waals surface area contributed by atoms with Crippen molar-refractivity contribution in [2.45, 2.75) is 31.4 Å². The summed E-state index contributed by atoms with van der Waals surface area (Å²) in [5, 5.41) is 12.9. The number of sulfonamides is 1. The summed E-state index contributed by atoms with van der Waals surface area (Å²) >= 11 is 0. The minimum atomic E-state index is -3.67. The smallest absolute Gasteiger partial charge is 0.262 e. The van der Waals surface area contributed by atoms with E-state index in [1.807, 2.05) is 13.8 Å². The van der Waals surface area contributed by atoms with Crippen LogP contribution in [-0.4, -0.2) is 48.6 Å². The Morgan fingerprint density at radius 2 is 2.30 bits per heavy atom. The van der Waals surface area contributed by atoms with E-state index >= 15 is 0 Å². The van der Waals surface area contributed by atoms with Gasteiger partial charge in [-0.25, -0.2) is 13.4 Å². The van der Waals surface area contributed by atoms with Gasteiger partial charge in [0.15, 0.2) is 5.03 Å². The zero-order valence-corrected chi connectivity index (χ0v) is 12.6. The molecule has 0 radical (unpaired) electrons. The van der Waals surface area contributed by atoms with E-state index in [-0.39, 0.29) is 17.5 Å². The molecule has 1 aromatic rings. The Bertz CT molecular complexity index is 562. The lowest BCUT2D eigenvalue weighted by Crippen LogP contribution is -2.46. The van der Waals surface area contributed by atoms with Gasteiger partial charge in [-0.15, -0.1) is 0 Å². The van der Waals surface area contributed by atoms with Crippen LogP contribution in [0.4, 0.5) is 5.69 Å². The number of piperidine rings is 1. The first-order chi connectivity index (χ1) is 9.46. The summed E-state index contributed by atoms with van der Waals surface area (Å²) in [5.74, 6) is 0.124. The average molecular weight is 299 g/mol. The molecule has 1 fully saturated rings. The van der Waals surface area contributed by atoms with Gasteiger partial charge in [-0.1, -0.05) is 6.92 Å². The normalized spacial score (nSPS) is 24.6. The van der Waals surface area contributed by atoms with E-state index in [1.54, 1.807) is 12.1 Å². The van der Waals surface area contributed by atoms with Gasteiger partial charge in [-0.3, -0.25) is 0 Å². The number of aliphatic hydroxyl groups excluding tert-OH is 1. The number of pyridine rings is 1. The first kappa shape index (κ1) is 15.2. The van der Waals surface area contributed by atoms with E-state index in [2.05, 4.69) is 10.3 Å². The second-order valence-electron chi connectivity index (χ2n) is 5.08. The summed E-state index contributed by atoms with van der Waals surface area (Å²) in [6.07, 6.45) is 1.50. The first-order valence-electron chi connectivity index (χ1n) is 6.84. The summed E-state index contributed by atoms with van der Waals surface area (Å²) in [6.45, 7) is 5.00. The SMILES string of the molecule is CCNc1cccnc1S(=O)(=O)N1CCC(C)C(O)C1. The van der Waals surface area contributed by atoms with E-state index in [4.69, 9.17) is 0 Å². The fraction of sp³-hybridized carbons (Fsp3) is 0.615. The maximum atomic E-state index is 12.6. The first-order valence-corrected chi connectivity index (χ1v) is 8.28. The van der Waals surface area contributed by atoms with Crippen LogP contribution < -0.4 is 5.32 Å². The number of hydrogen-bond acceptors (Lipinski definition) is 5. The monoisotopic (exact) mass is 299 g/mol. The van der Waals surface area contributed by atoms with Crippen molar-refractivity contribution in [2.75, 3.05) is 25.0 Å². The summed E-state index contributed by atoms with van der Waals surface area (Å²) in [6, 6.07) is 3.40. The molecule has 0 aromatic carbocycles. The van der Waals surface area contributed by atoms with Crippen LogP contribution in [-0.2, 0) is 10.0 Å². The maximum absolute atomic E-state index is 12.6. The number of nitrogens with one attached hydrogen (secondary N) is 1. The van der Waals surface area contributed by atoms with Gasteiger partial charge in [-0.2, -0.15) is 4.31 Å². The predicted molar refractivity (Wildman–Crippen MR) is 76.9 cm³/mol. The van der Waals surface area contributed by atoms with Gasteiger partial charge in [0, 0.05) is 25.8 Å². The topological polar surface area (TPSA) is 82.5 Å². The number of anilines is 1. The quantitative estimate of drug-likeness (QED) is 0.863. The molecule has 20 heavy (non-hydrogen) atoms. The second-order valence-corrected chi connectivity index (χ2v) is 6.94. The van der Waals surface area contributed by atoms with Crippen molar-refractivity contribution < 1.29 is 13.5 Å². The van der Waals surface area contributed by atoms with E-state index in [1.165, 1.54) is 10.5 Å². The highest BCUT2D eigenvalue weighted by molar-refractivity contribution is 7.89. The predicted octanol–water partition coefficient (Wildman–Crippen LogP) is 0.905. The van der Waals surface area contributed by atoms with Crippen molar-refractivity contribution >= 4 is 15.7 Å². The molecule has 2 N–H and O–H groups in total. The number of β-amino-alcohol motifs (C(OH)–C–C–N with tert-alkyl or cyclic N) is 1. The van der Waals surface area contributed by atoms with Gasteiger partial charge in [0.05, 0.1) is 11.8 Å². The molecule has 0 spiro atoms. The van der Waals surface area contributed by atoms with Crippen molar-refractivity contribution in [1.82, 2.24) is 9.29 Å². The van der Waals surface area contributed by atoms with Gasteiger partial charge in [0.1, 0.15) is 0 Å². The van der Waals surface area contributed by atoms with Gasteiger partial charge in [0.2, 0.25) is 0 Å². The number of aromatic nitrogens is 1. The van der Waals surface area contributed by atoms with Crippen LogP contribution >= 0.6 is 0 Å². The summed E-state index contributed by atoms with van der Waals surface area (Å²) in [5.41, 5.74) is 0.503. The minimum absolute atomic E-state index is 0.0311. The molecular weight excluding hydrogens is 278 g/mol. The Balaban J connectivity index is 2.31. The Hall–Kier alpha value is -1.18. The number of hydrogen-bond donors (Lipinski definition) is 2. The average Bonchev–Trinajstić information content (AvgIpc) is 2.42. The molecule has 1 saturated heterocycles. The van der Waals surface area contributed by atoms with E-state index in [9.17, 15) is 13.5 Å². The molecule has 2 unspecified atom stereocenters. The highest BCUT2D eigenvalue weighted by Gasteiger charge is 2.34. The molecule has 1 aromatic heterocycles. The number of aliphatic hydroxyl groups is 1. The van der Waals surface area contributed by atoms with Crippen LogP contribution in [0.25, 0.3) is 0 Å². The molecule has 0 amide bonds. The van der Waals surface area contributed by atoms with Crippen molar-refractivity contribution in [2.24, 2.45) is 5.92 Å². The summed E-state index contributed by atoms with van der Waals surface area (Å²) in [7, 11) is -3.67. The lowest BCUT2D eigenvalue weighted by molar-refractivity contribution is 0.0604. The Morgan fingerprint density at radius 3 is 2.95 bits per heavy atom. The Labute approximate surface area is 119 Å². The van der Waals surface area contributed by atoms with Crippen molar-refractivity contribution in [3.05, 3.63) is 18.3 Å². The molecule has 2 atom stereocenters. The molecule has 2 heterocycles. The molecule has 0 aliphatic carbocycles. The molecule has 0 bridgehead atoms. The van der Waals surface area contributed by atoms with Crippen molar-refractivity contribution in [3.8, 4) is 0 Å². The fourth-order valence-electron chi connectivity index (χ4n) is 2.28. The number of nitrogens with zero attached hydrogens (tertiary/aromatic N) is 2. The highest BCUT2D eigenvalue weighted by atomic mass is 32.2. The second kappa shape index (κ2) is 6.07. The van der Waals surface area contributed by atoms with Crippen molar-refractivity contribution in [1.29, 1.82) is 0 Å². The van der Waals surface area contributed by atoms with Crippen LogP contribution in [0.5, 0.6) is 0 Å². The van der Waals surface area contributed by atoms with Crippen molar-refractivity contribution in [3.63, 3.8) is 0 Å². The van der Waals surface area contributed by atoms with E-state index in [0.29, 0.717) is 25.2 Å². The zero-order valence-electron chi connectivity index (χ0n) is 11.8. The third-order valence-corrected chi connectivity index (χ3v) is 5.43. The minimum Gasteiger partial charge on any atom is -0.391 e. The highest BCUT2D eigenvalue weighted by Crippen LogP contribution is 2.26. The standard InChI is InChI=1S/C13H21N3O3S/c1-3-14-11-5-4-7-15-13(11)20(18,19)16-8-6-10(2)12(17)9-16/h4-5,7,10,12,14,17H,3,6,8-9H2,1-2H3. The summed E-state index contributed by atoms with van der Waals surface area (Å²) in [4.78, 5) is 4.01. The van der Waals surface area contributed by atoms with Crippen LogP contribution in [0.3, 0.4) is 0 Å². The Kier molecular flexibility index (Phi) is 4.62. The van der Waals surface area contributed by atoms with Gasteiger partial charge < -0.3 is 10.4 Å². The molecule has 7 heteroatoms. The van der Waals surface area contributed by atoms with Crippen LogP contribution in [0.2, 0.25) is 0 Å². The largest absolute Gasteiger partial charge is 0.391 e. The Morgan fingerprint density at radius 1 is 1.55 bits per heavy atom. The van der Waals surface area contributed by atoms with Crippen LogP contribution in [0, 0.1) is 5.92 Å². The number of rotatable bonds is 4. The van der Waals surface area contributed by atoms with Gasteiger partial charge in [-0.05, 0) is 31.4 Å². The lowest BCUT2D eigenvalue weighted by atomic mass is 9.98. The third-order valence-electron chi connectivity index (χ3n) is 3.60. The van der Waals surface area contributed by atoms with Gasteiger partial charge >= 0.3 is 0 Å². The molecule has 0 saturated carbocycles. The molecule has 112 valence electrons. The fourth-order valence-corrected chi connectivity index (χ4v) is 3.83. The molecule has 1 aliphatic heterocycles. The van der Waals surface area contributed by atoms with Crippen LogP contribution in [0.1, 0.15) is 20.3 Å². The van der Waals surface area contributed by atoms with Gasteiger partial charge in [0.25, 0.3) is 10.0 Å². The van der Waals surface area contributed by atoms with E-state index in [0.717, 1.165) is 0 Å². The maximum Gasteiger partial charge on any atom is 0.262 e. The zero-order chi connectivity index (χ0) is 14.8. The molecule has 1 aliphatic rings. The summed E-state index contributed by atoms with van der Waals surface area (Å²) < 4.78 is 26.6. The molecular formula is C13H21N3O3S. The van der Waals surface area contributed by atoms with E-state index < -0.39 is 16.1 Å². The third kappa shape index (κ3) is 2.94. The molecule has 6 nitrogen and oxygen atoms in total. The lowest BCUT2D eigenvalue weighted by Gasteiger charge is -2.33. The molecule has 2 rings (SSSR count). The van der Waals surface area contributed by atoms with Crippen LogP contribution in [0.15, 0.2) is 23.4 Å².